The molecule has 2 N–H and O–H groups in total. The van der Waals surface area contributed by atoms with E-state index in [1.165, 1.54) is 12.1 Å². The molecule has 3 aromatic carbocycles. The van der Waals surface area contributed by atoms with Gasteiger partial charge in [-0.15, -0.1) is 0 Å². The molecule has 0 bridgehead atoms. The van der Waals surface area contributed by atoms with Gasteiger partial charge >= 0.3 is 0 Å². The van der Waals surface area contributed by atoms with Crippen molar-refractivity contribution in [2.24, 2.45) is 0 Å². The molecule has 7 heteroatoms. The monoisotopic (exact) mass is 450 g/mol. The topological polar surface area (TPSA) is 92.3 Å². The number of rotatable bonds is 8. The van der Waals surface area contributed by atoms with E-state index in [9.17, 15) is 18.0 Å². The normalized spacial score (nSPS) is 11.1. The first kappa shape index (κ1) is 23.2. The van der Waals surface area contributed by atoms with E-state index in [2.05, 4.69) is 10.6 Å². The average molecular weight is 451 g/mol. The molecule has 0 aliphatic carbocycles. The average Bonchev–Trinajstić information content (AvgIpc) is 2.79. The van der Waals surface area contributed by atoms with Crippen LogP contribution in [-0.4, -0.2) is 26.0 Å². The molecule has 0 unspecified atom stereocenters. The number of aryl methyl sites for hydroxylation is 1. The van der Waals surface area contributed by atoms with Crippen molar-refractivity contribution < 1.29 is 18.0 Å². The molecule has 0 saturated heterocycles. The second-order valence-electron chi connectivity index (χ2n) is 7.48. The van der Waals surface area contributed by atoms with E-state index in [-0.39, 0.29) is 22.1 Å². The lowest BCUT2D eigenvalue weighted by Gasteiger charge is -2.13. The summed E-state index contributed by atoms with van der Waals surface area (Å²) in [5.41, 5.74) is 2.74. The fraction of sp³-hybridized carbons (Fsp3) is 0.200. The van der Waals surface area contributed by atoms with Crippen molar-refractivity contribution in [3.8, 4) is 0 Å². The molecule has 0 radical (unpaired) electrons. The van der Waals surface area contributed by atoms with E-state index >= 15 is 0 Å². The highest BCUT2D eigenvalue weighted by Crippen LogP contribution is 2.21. The minimum atomic E-state index is -3.59. The van der Waals surface area contributed by atoms with Gasteiger partial charge in [0.15, 0.2) is 9.84 Å². The molecule has 0 heterocycles. The van der Waals surface area contributed by atoms with Gasteiger partial charge in [-0.1, -0.05) is 61.0 Å². The Hall–Kier alpha value is -3.45. The summed E-state index contributed by atoms with van der Waals surface area (Å²) in [7, 11) is -3.59. The van der Waals surface area contributed by atoms with Crippen molar-refractivity contribution in [3.05, 3.63) is 95.1 Å². The highest BCUT2D eigenvalue weighted by Gasteiger charge is 2.22. The first-order valence-electron chi connectivity index (χ1n) is 10.4. The van der Waals surface area contributed by atoms with Crippen molar-refractivity contribution >= 4 is 27.3 Å². The zero-order valence-electron chi connectivity index (χ0n) is 18.1. The Morgan fingerprint density at radius 1 is 0.812 bits per heavy atom. The maximum absolute atomic E-state index is 13.0. The Labute approximate surface area is 188 Å². The van der Waals surface area contributed by atoms with E-state index in [0.717, 1.165) is 11.1 Å². The zero-order chi connectivity index (χ0) is 23.1. The number of sulfone groups is 1. The molecule has 3 rings (SSSR count). The number of nitrogens with one attached hydrogen (secondary N) is 2. The zero-order valence-corrected chi connectivity index (χ0v) is 18.9. The molecular formula is C25H26N2O4S. The van der Waals surface area contributed by atoms with Gasteiger partial charge in [0.2, 0.25) is 0 Å². The first-order valence-corrected chi connectivity index (χ1v) is 12.0. The molecule has 0 aromatic heterocycles. The fourth-order valence-electron chi connectivity index (χ4n) is 3.27. The predicted molar refractivity (Wildman–Crippen MR) is 126 cm³/mol. The summed E-state index contributed by atoms with van der Waals surface area (Å²) in [5.74, 6) is -0.970. The van der Waals surface area contributed by atoms with Crippen LogP contribution in [0, 0.1) is 6.92 Å². The highest BCUT2D eigenvalue weighted by atomic mass is 32.2. The summed E-state index contributed by atoms with van der Waals surface area (Å²) >= 11 is 0. The fourth-order valence-corrected chi connectivity index (χ4v) is 4.81. The number of carbonyl (C=O) groups is 2. The predicted octanol–water partition coefficient (Wildman–Crippen LogP) is 4.36. The van der Waals surface area contributed by atoms with Crippen LogP contribution >= 0.6 is 0 Å². The number of hydrogen-bond donors (Lipinski definition) is 2. The van der Waals surface area contributed by atoms with Crippen molar-refractivity contribution in [2.45, 2.75) is 31.7 Å². The van der Waals surface area contributed by atoms with Crippen LogP contribution < -0.4 is 10.6 Å². The van der Waals surface area contributed by atoms with Crippen molar-refractivity contribution in [3.63, 3.8) is 0 Å². The number of carbonyl (C=O) groups excluding carboxylic acids is 2. The van der Waals surface area contributed by atoms with Gasteiger partial charge in [0.1, 0.15) is 0 Å². The molecule has 0 saturated carbocycles. The van der Waals surface area contributed by atoms with E-state index in [1.54, 1.807) is 43.3 Å². The minimum Gasteiger partial charge on any atom is -0.348 e. The maximum Gasteiger partial charge on any atom is 0.257 e. The number of amides is 2. The van der Waals surface area contributed by atoms with Gasteiger partial charge in [0.25, 0.3) is 11.8 Å². The molecule has 0 fully saturated rings. The van der Waals surface area contributed by atoms with Gasteiger partial charge in [0, 0.05) is 6.54 Å². The summed E-state index contributed by atoms with van der Waals surface area (Å²) in [4.78, 5) is 25.7. The molecule has 0 aliphatic rings. The Bertz CT molecular complexity index is 1220. The van der Waals surface area contributed by atoms with Crippen LogP contribution in [0.4, 0.5) is 5.69 Å². The van der Waals surface area contributed by atoms with E-state index in [0.29, 0.717) is 24.2 Å². The minimum absolute atomic E-state index is 0.0133. The standard InChI is InChI=1S/C25H26N2O4S/c1-3-16-32(30,31)23-11-7-5-9-21(23)25(29)27-22-10-6-4-8-20(22)24(28)26-17-19-14-12-18(2)13-15-19/h4-15H,3,16-17H2,1-2H3,(H,26,28)(H,27,29). The van der Waals surface area contributed by atoms with Gasteiger partial charge in [0.05, 0.1) is 27.5 Å². The van der Waals surface area contributed by atoms with E-state index < -0.39 is 15.7 Å². The van der Waals surface area contributed by atoms with Crippen molar-refractivity contribution in [1.82, 2.24) is 5.32 Å². The van der Waals surface area contributed by atoms with E-state index in [4.69, 9.17) is 0 Å². The molecule has 0 aliphatic heterocycles. The molecule has 166 valence electrons. The molecule has 32 heavy (non-hydrogen) atoms. The molecule has 0 atom stereocenters. The van der Waals surface area contributed by atoms with Gasteiger partial charge in [-0.05, 0) is 43.2 Å². The van der Waals surface area contributed by atoms with Crippen molar-refractivity contribution in [1.29, 1.82) is 0 Å². The quantitative estimate of drug-likeness (QED) is 0.533. The van der Waals surface area contributed by atoms with Crippen LogP contribution in [0.1, 0.15) is 45.2 Å². The SMILES string of the molecule is CCCS(=O)(=O)c1ccccc1C(=O)Nc1ccccc1C(=O)NCc1ccc(C)cc1. The van der Waals surface area contributed by atoms with Crippen LogP contribution in [0.5, 0.6) is 0 Å². The Kier molecular flexibility index (Phi) is 7.43. The second kappa shape index (κ2) is 10.2. The van der Waals surface area contributed by atoms with Crippen LogP contribution in [0.15, 0.2) is 77.7 Å². The largest absolute Gasteiger partial charge is 0.348 e. The van der Waals surface area contributed by atoms with Crippen LogP contribution in [0.2, 0.25) is 0 Å². The third-order valence-electron chi connectivity index (χ3n) is 4.93. The number of benzene rings is 3. The van der Waals surface area contributed by atoms with Gasteiger partial charge in [-0.2, -0.15) is 0 Å². The number of hydrogen-bond acceptors (Lipinski definition) is 4. The maximum atomic E-state index is 13.0. The molecule has 3 aromatic rings. The first-order chi connectivity index (χ1) is 15.3. The van der Waals surface area contributed by atoms with Gasteiger partial charge < -0.3 is 10.6 Å². The summed E-state index contributed by atoms with van der Waals surface area (Å²) in [6.45, 7) is 4.11. The lowest BCUT2D eigenvalue weighted by atomic mass is 10.1. The lowest BCUT2D eigenvalue weighted by molar-refractivity contribution is 0.0951. The van der Waals surface area contributed by atoms with Gasteiger partial charge in [-0.3, -0.25) is 9.59 Å². The van der Waals surface area contributed by atoms with E-state index in [1.807, 2.05) is 31.2 Å². The Balaban J connectivity index is 1.80. The number of anilines is 1. The smallest absolute Gasteiger partial charge is 0.257 e. The molecule has 2 amide bonds. The third kappa shape index (κ3) is 5.62. The lowest BCUT2D eigenvalue weighted by Crippen LogP contribution is -2.25. The van der Waals surface area contributed by atoms with Crippen LogP contribution in [0.3, 0.4) is 0 Å². The van der Waals surface area contributed by atoms with Gasteiger partial charge in [-0.25, -0.2) is 8.42 Å². The van der Waals surface area contributed by atoms with Crippen molar-refractivity contribution in [2.75, 3.05) is 11.1 Å². The second-order valence-corrected chi connectivity index (χ2v) is 9.56. The summed E-state index contributed by atoms with van der Waals surface area (Å²) < 4.78 is 25.2. The Morgan fingerprint density at radius 2 is 1.44 bits per heavy atom. The Morgan fingerprint density at radius 3 is 2.12 bits per heavy atom. The molecular weight excluding hydrogens is 424 g/mol. The molecule has 0 spiro atoms. The summed E-state index contributed by atoms with van der Waals surface area (Å²) in [6, 6.07) is 20.6. The third-order valence-corrected chi connectivity index (χ3v) is 6.90. The van der Waals surface area contributed by atoms with Crippen LogP contribution in [-0.2, 0) is 16.4 Å². The summed E-state index contributed by atoms with van der Waals surface area (Å²) in [5, 5.41) is 5.56. The van der Waals surface area contributed by atoms with Crippen LogP contribution in [0.25, 0.3) is 0 Å². The number of para-hydroxylation sites is 1. The highest BCUT2D eigenvalue weighted by molar-refractivity contribution is 7.91. The summed E-state index contributed by atoms with van der Waals surface area (Å²) in [6.07, 6.45) is 0.447. The molecule has 6 nitrogen and oxygen atoms in total.